The number of pyridine rings is 1. The zero-order chi connectivity index (χ0) is 9.97. The van der Waals surface area contributed by atoms with E-state index < -0.39 is 0 Å². The number of fused-ring (bicyclic) bond motifs is 1. The topological polar surface area (TPSA) is 17.2 Å². The lowest BCUT2D eigenvalue weighted by Crippen LogP contribution is -1.84. The van der Waals surface area contributed by atoms with Crippen molar-refractivity contribution < 1.29 is 0 Å². The van der Waals surface area contributed by atoms with Gasteiger partial charge in [0.25, 0.3) is 0 Å². The van der Waals surface area contributed by atoms with Gasteiger partial charge in [0.05, 0.1) is 5.52 Å². The maximum atomic E-state index is 6.78. The van der Waals surface area contributed by atoms with Gasteiger partial charge in [-0.15, -0.1) is 0 Å². The fourth-order valence-electron chi connectivity index (χ4n) is 1.33. The summed E-state index contributed by atoms with van der Waals surface area (Å²) in [7, 11) is 0. The number of hydrogen-bond acceptors (Lipinski definition) is 1. The average Bonchev–Trinajstić information content (AvgIpc) is 2.17. The summed E-state index contributed by atoms with van der Waals surface area (Å²) in [5.74, 6) is 0. The molecule has 0 bridgehead atoms. The molecule has 0 unspecified atom stereocenters. The summed E-state index contributed by atoms with van der Waals surface area (Å²) in [5.41, 5.74) is 1.92. The molecule has 0 fully saturated rings. The van der Waals surface area contributed by atoms with Crippen molar-refractivity contribution in [2.75, 3.05) is 0 Å². The molecule has 0 aliphatic carbocycles. The maximum Gasteiger partial charge on any atom is 0.241 e. The van der Waals surface area contributed by atoms with Crippen molar-refractivity contribution in [1.82, 2.24) is 4.98 Å². The first-order chi connectivity index (χ1) is 6.79. The molecule has 2 aromatic rings. The van der Waals surface area contributed by atoms with E-state index in [1.165, 1.54) is 0 Å². The predicted molar refractivity (Wildman–Crippen MR) is 59.7 cm³/mol. The molecule has 0 radical (unpaired) electrons. The molecule has 1 heterocycles. The van der Waals surface area contributed by atoms with Crippen LogP contribution in [0.2, 0.25) is 0 Å². The number of nitrogens with zero attached hydrogens (tertiary/aromatic N) is 2. The largest absolute Gasteiger partial charge is 0.312 e. The van der Waals surface area contributed by atoms with E-state index in [4.69, 9.17) is 6.57 Å². The highest BCUT2D eigenvalue weighted by Gasteiger charge is 1.99. The first-order valence-corrected chi connectivity index (χ1v) is 4.96. The van der Waals surface area contributed by atoms with Gasteiger partial charge in [-0.3, -0.25) is 4.98 Å². The van der Waals surface area contributed by atoms with Crippen molar-refractivity contribution in [3.8, 4) is 0 Å². The summed E-state index contributed by atoms with van der Waals surface area (Å²) in [6.07, 6.45) is 1.76. The molecule has 2 nitrogen and oxygen atoms in total. The van der Waals surface area contributed by atoms with Gasteiger partial charge in [0.2, 0.25) is 6.54 Å². The normalized spacial score (nSPS) is 10.0. The van der Waals surface area contributed by atoms with Gasteiger partial charge >= 0.3 is 0 Å². The highest BCUT2D eigenvalue weighted by atomic mass is 79.9. The Morgan fingerprint density at radius 1 is 1.36 bits per heavy atom. The molecule has 68 valence electrons. The molecule has 0 amide bonds. The minimum absolute atomic E-state index is 0.398. The molecule has 0 saturated heterocycles. The third-order valence-corrected chi connectivity index (χ3v) is 2.45. The maximum absolute atomic E-state index is 6.78. The second kappa shape index (κ2) is 3.77. The molecule has 0 aliphatic heterocycles. The first kappa shape index (κ1) is 9.17. The number of benzene rings is 1. The second-order valence-corrected chi connectivity index (χ2v) is 3.91. The van der Waals surface area contributed by atoms with Crippen LogP contribution in [0.5, 0.6) is 0 Å². The zero-order valence-electron chi connectivity index (χ0n) is 7.37. The highest BCUT2D eigenvalue weighted by Crippen LogP contribution is 2.19. The van der Waals surface area contributed by atoms with Gasteiger partial charge in [0.1, 0.15) is 0 Å². The molecule has 1 aromatic heterocycles. The van der Waals surface area contributed by atoms with Crippen LogP contribution in [0.15, 0.2) is 34.9 Å². The fourth-order valence-corrected chi connectivity index (χ4v) is 1.70. The zero-order valence-corrected chi connectivity index (χ0v) is 8.95. The fraction of sp³-hybridized carbons (Fsp3) is 0.0909. The second-order valence-electron chi connectivity index (χ2n) is 3.00. The molecule has 0 aliphatic rings. The van der Waals surface area contributed by atoms with Gasteiger partial charge in [-0.25, -0.2) is 6.57 Å². The number of aromatic nitrogens is 1. The van der Waals surface area contributed by atoms with Crippen LogP contribution in [-0.2, 0) is 6.54 Å². The Bertz CT molecular complexity index is 514. The van der Waals surface area contributed by atoms with Crippen LogP contribution in [0.1, 0.15) is 5.56 Å². The van der Waals surface area contributed by atoms with Crippen LogP contribution >= 0.6 is 15.9 Å². The van der Waals surface area contributed by atoms with Crippen molar-refractivity contribution >= 4 is 26.8 Å². The van der Waals surface area contributed by atoms with E-state index in [2.05, 4.69) is 25.8 Å². The summed E-state index contributed by atoms with van der Waals surface area (Å²) in [6.45, 7) is 7.18. The standard InChI is InChI=1S/C11H7BrN2/c1-13-6-8-4-9-5-10(12)2-3-11(9)14-7-8/h2-5,7H,6H2. The van der Waals surface area contributed by atoms with Crippen LogP contribution in [-0.4, -0.2) is 4.98 Å². The molecular weight excluding hydrogens is 240 g/mol. The van der Waals surface area contributed by atoms with Crippen LogP contribution in [0.4, 0.5) is 0 Å². The van der Waals surface area contributed by atoms with E-state index in [0.717, 1.165) is 20.9 Å². The molecule has 0 spiro atoms. The molecular formula is C11H7BrN2. The van der Waals surface area contributed by atoms with E-state index >= 15 is 0 Å². The number of halogens is 1. The third kappa shape index (κ3) is 1.75. The first-order valence-electron chi connectivity index (χ1n) is 4.17. The lowest BCUT2D eigenvalue weighted by atomic mass is 10.1. The Morgan fingerprint density at radius 3 is 3.00 bits per heavy atom. The third-order valence-electron chi connectivity index (χ3n) is 1.96. The monoisotopic (exact) mass is 246 g/mol. The average molecular weight is 247 g/mol. The Kier molecular flexibility index (Phi) is 2.47. The lowest BCUT2D eigenvalue weighted by Gasteiger charge is -1.98. The smallest absolute Gasteiger partial charge is 0.241 e. The Morgan fingerprint density at radius 2 is 2.21 bits per heavy atom. The van der Waals surface area contributed by atoms with Gasteiger partial charge in [-0.05, 0) is 24.3 Å². The number of hydrogen-bond donors (Lipinski definition) is 0. The van der Waals surface area contributed by atoms with Crippen LogP contribution in [0.25, 0.3) is 15.7 Å². The van der Waals surface area contributed by atoms with Gasteiger partial charge in [0.15, 0.2) is 0 Å². The van der Waals surface area contributed by atoms with E-state index in [1.807, 2.05) is 24.3 Å². The summed E-state index contributed by atoms with van der Waals surface area (Å²) in [6, 6.07) is 7.94. The van der Waals surface area contributed by atoms with Gasteiger partial charge in [-0.1, -0.05) is 15.9 Å². The molecule has 14 heavy (non-hydrogen) atoms. The summed E-state index contributed by atoms with van der Waals surface area (Å²) in [4.78, 5) is 7.61. The van der Waals surface area contributed by atoms with Crippen molar-refractivity contribution in [3.05, 3.63) is 51.9 Å². The van der Waals surface area contributed by atoms with Gasteiger partial charge in [0, 0.05) is 21.6 Å². The SMILES string of the molecule is [C-]#[N+]Cc1cnc2ccc(Br)cc2c1. The quantitative estimate of drug-likeness (QED) is 0.706. The predicted octanol–water partition coefficient (Wildman–Crippen LogP) is 3.42. The number of rotatable bonds is 1. The Labute approximate surface area is 90.5 Å². The molecule has 1 aromatic carbocycles. The summed E-state index contributed by atoms with van der Waals surface area (Å²) >= 11 is 3.41. The van der Waals surface area contributed by atoms with Gasteiger partial charge < -0.3 is 4.85 Å². The summed E-state index contributed by atoms with van der Waals surface area (Å²) in [5, 5.41) is 1.07. The Hall–Kier alpha value is -1.40. The van der Waals surface area contributed by atoms with Crippen molar-refractivity contribution in [2.45, 2.75) is 6.54 Å². The Balaban J connectivity index is 2.59. The molecule has 0 atom stereocenters. The molecule has 3 heteroatoms. The summed E-state index contributed by atoms with van der Waals surface area (Å²) < 4.78 is 1.03. The van der Waals surface area contributed by atoms with E-state index in [9.17, 15) is 0 Å². The highest BCUT2D eigenvalue weighted by molar-refractivity contribution is 9.10. The lowest BCUT2D eigenvalue weighted by molar-refractivity contribution is 1.22. The van der Waals surface area contributed by atoms with E-state index in [1.54, 1.807) is 6.20 Å². The van der Waals surface area contributed by atoms with E-state index in [0.29, 0.717) is 6.54 Å². The van der Waals surface area contributed by atoms with Crippen LogP contribution in [0, 0.1) is 6.57 Å². The van der Waals surface area contributed by atoms with Crippen LogP contribution in [0.3, 0.4) is 0 Å². The molecule has 0 N–H and O–H groups in total. The van der Waals surface area contributed by atoms with Gasteiger partial charge in [-0.2, -0.15) is 0 Å². The van der Waals surface area contributed by atoms with E-state index in [-0.39, 0.29) is 0 Å². The van der Waals surface area contributed by atoms with Crippen molar-refractivity contribution in [2.24, 2.45) is 0 Å². The molecule has 0 saturated carbocycles. The van der Waals surface area contributed by atoms with Crippen molar-refractivity contribution in [3.63, 3.8) is 0 Å². The molecule has 2 rings (SSSR count). The van der Waals surface area contributed by atoms with Crippen LogP contribution < -0.4 is 0 Å². The minimum atomic E-state index is 0.398. The minimum Gasteiger partial charge on any atom is -0.312 e. The van der Waals surface area contributed by atoms with Crippen molar-refractivity contribution in [1.29, 1.82) is 0 Å².